The summed E-state index contributed by atoms with van der Waals surface area (Å²) in [5.74, 6) is -7.09. The van der Waals surface area contributed by atoms with Gasteiger partial charge in [0.25, 0.3) is 0 Å². The molecular formula is C35H30O11. The number of Topliss-reactive ketones (excluding diaryl/α,β-unsaturated/α-hetero) is 2. The number of phenolic OH excluding ortho intramolecular Hbond substituents is 8. The van der Waals surface area contributed by atoms with E-state index in [-0.39, 0.29) is 69.6 Å². The Labute approximate surface area is 262 Å². The third-order valence-corrected chi connectivity index (χ3v) is 8.68. The molecule has 11 nitrogen and oxygen atoms in total. The Kier molecular flexibility index (Phi) is 7.39. The molecule has 6 rings (SSSR count). The lowest BCUT2D eigenvalue weighted by atomic mass is 9.65. The predicted octanol–water partition coefficient (Wildman–Crippen LogP) is 5.75. The summed E-state index contributed by atoms with van der Waals surface area (Å²) < 4.78 is 5.94. The predicted molar refractivity (Wildman–Crippen MR) is 163 cm³/mol. The van der Waals surface area contributed by atoms with Crippen LogP contribution in [-0.4, -0.2) is 52.4 Å². The molecule has 0 aromatic heterocycles. The van der Waals surface area contributed by atoms with E-state index >= 15 is 0 Å². The number of ether oxygens (including phenoxy) is 1. The SMILES string of the molecule is CC1=C[C@H](c2c(O)ccc(C3CC(=O)c4c(O)cc(O)cc4O3)c2O)[C@@H](C(=O)c2ccc(O)cc2O)[C@H](c2ccc(O)cc2O)C1. The van der Waals surface area contributed by atoms with E-state index in [1.165, 1.54) is 36.4 Å². The van der Waals surface area contributed by atoms with Crippen molar-refractivity contribution < 1.29 is 55.2 Å². The van der Waals surface area contributed by atoms with E-state index in [1.807, 2.05) is 0 Å². The Balaban J connectivity index is 1.51. The molecule has 0 amide bonds. The standard InChI is InChI=1S/C35H30O11/c1-15-8-22(19-4-2-16(36)10-25(19)40)31(34(44)20-5-3-17(37)11-26(20)41)23(9-15)32-24(39)7-6-21(35(32)45)29-14-28(43)33-27(42)12-18(38)13-30(33)46-29/h2-7,9-13,22-23,29,31,36-42,45H,8,14H2,1H3/t22-,23-,29?,31-/m0/s1. The number of carbonyl (C=O) groups excluding carboxylic acids is 2. The second-order valence-electron chi connectivity index (χ2n) is 11.7. The molecule has 1 aliphatic carbocycles. The van der Waals surface area contributed by atoms with Gasteiger partial charge in [-0.1, -0.05) is 17.7 Å². The average molecular weight is 627 g/mol. The first kappa shape index (κ1) is 30.2. The second kappa shape index (κ2) is 11.3. The van der Waals surface area contributed by atoms with Crippen LogP contribution in [0.3, 0.4) is 0 Å². The summed E-state index contributed by atoms with van der Waals surface area (Å²) in [5, 5.41) is 84.5. The zero-order valence-corrected chi connectivity index (χ0v) is 24.4. The zero-order chi connectivity index (χ0) is 33.0. The molecule has 1 aliphatic heterocycles. The van der Waals surface area contributed by atoms with Crippen LogP contribution >= 0.6 is 0 Å². The molecular weight excluding hydrogens is 596 g/mol. The van der Waals surface area contributed by atoms with Crippen LogP contribution in [0, 0.1) is 5.92 Å². The third kappa shape index (κ3) is 5.15. The lowest BCUT2D eigenvalue weighted by Gasteiger charge is -2.37. The monoisotopic (exact) mass is 626 g/mol. The number of benzene rings is 4. The Morgan fingerprint density at radius 3 is 2.07 bits per heavy atom. The van der Waals surface area contributed by atoms with Gasteiger partial charge in [-0.2, -0.15) is 0 Å². The number of fused-ring (bicyclic) bond motifs is 1. The summed E-state index contributed by atoms with van der Waals surface area (Å²) in [6.45, 7) is 1.78. The van der Waals surface area contributed by atoms with Crippen LogP contribution in [0.4, 0.5) is 0 Å². The smallest absolute Gasteiger partial charge is 0.174 e. The third-order valence-electron chi connectivity index (χ3n) is 8.68. The highest BCUT2D eigenvalue weighted by atomic mass is 16.5. The highest BCUT2D eigenvalue weighted by Gasteiger charge is 2.44. The Hall–Kier alpha value is -5.84. The molecule has 4 atom stereocenters. The number of hydrogen-bond acceptors (Lipinski definition) is 11. The first-order valence-corrected chi connectivity index (χ1v) is 14.4. The fraction of sp³-hybridized carbons (Fsp3) is 0.200. The number of hydrogen-bond donors (Lipinski definition) is 8. The van der Waals surface area contributed by atoms with Gasteiger partial charge < -0.3 is 45.6 Å². The molecule has 0 spiro atoms. The van der Waals surface area contributed by atoms with E-state index in [0.29, 0.717) is 5.56 Å². The van der Waals surface area contributed by atoms with Crippen LogP contribution in [0.2, 0.25) is 0 Å². The maximum atomic E-state index is 14.4. The minimum absolute atomic E-state index is 0.0722. The molecule has 1 heterocycles. The minimum atomic E-state index is -1.15. The molecule has 4 aromatic carbocycles. The Morgan fingerprint density at radius 2 is 1.37 bits per heavy atom. The van der Waals surface area contributed by atoms with E-state index in [4.69, 9.17) is 4.74 Å². The van der Waals surface area contributed by atoms with Crippen molar-refractivity contribution in [3.05, 3.63) is 100 Å². The van der Waals surface area contributed by atoms with Gasteiger partial charge >= 0.3 is 0 Å². The second-order valence-corrected chi connectivity index (χ2v) is 11.7. The van der Waals surface area contributed by atoms with Crippen molar-refractivity contribution in [1.82, 2.24) is 0 Å². The number of rotatable bonds is 5. The first-order valence-electron chi connectivity index (χ1n) is 14.4. The van der Waals surface area contributed by atoms with Crippen molar-refractivity contribution in [2.45, 2.75) is 37.7 Å². The first-order chi connectivity index (χ1) is 21.8. The van der Waals surface area contributed by atoms with E-state index < -0.39 is 52.7 Å². The number of phenols is 8. The van der Waals surface area contributed by atoms with E-state index in [0.717, 1.165) is 29.8 Å². The summed E-state index contributed by atoms with van der Waals surface area (Å²) >= 11 is 0. The molecule has 236 valence electrons. The lowest BCUT2D eigenvalue weighted by Crippen LogP contribution is -2.32. The summed E-state index contributed by atoms with van der Waals surface area (Å²) in [6, 6.07) is 12.3. The largest absolute Gasteiger partial charge is 0.508 e. The highest BCUT2D eigenvalue weighted by molar-refractivity contribution is 6.03. The van der Waals surface area contributed by atoms with E-state index in [1.54, 1.807) is 13.0 Å². The van der Waals surface area contributed by atoms with Gasteiger partial charge in [0.1, 0.15) is 63.4 Å². The van der Waals surface area contributed by atoms with Crippen molar-refractivity contribution in [1.29, 1.82) is 0 Å². The van der Waals surface area contributed by atoms with Crippen molar-refractivity contribution in [3.63, 3.8) is 0 Å². The van der Waals surface area contributed by atoms with Gasteiger partial charge in [0.15, 0.2) is 11.6 Å². The van der Waals surface area contributed by atoms with Crippen LogP contribution in [0.1, 0.15) is 75.1 Å². The fourth-order valence-electron chi connectivity index (χ4n) is 6.67. The van der Waals surface area contributed by atoms with Crippen molar-refractivity contribution in [2.24, 2.45) is 5.92 Å². The van der Waals surface area contributed by atoms with Gasteiger partial charge in [-0.05, 0) is 49.2 Å². The molecule has 8 N–H and O–H groups in total. The van der Waals surface area contributed by atoms with Crippen LogP contribution in [0.25, 0.3) is 0 Å². The van der Waals surface area contributed by atoms with Gasteiger partial charge in [0.2, 0.25) is 0 Å². The summed E-state index contributed by atoms with van der Waals surface area (Å²) in [7, 11) is 0. The molecule has 2 aliphatic rings. The van der Waals surface area contributed by atoms with Crippen LogP contribution in [0.15, 0.2) is 72.3 Å². The number of ketones is 2. The number of allylic oxidation sites excluding steroid dienone is 2. The average Bonchev–Trinajstić information content (AvgIpc) is 2.96. The molecule has 46 heavy (non-hydrogen) atoms. The molecule has 1 unspecified atom stereocenters. The topological polar surface area (TPSA) is 205 Å². The van der Waals surface area contributed by atoms with Crippen molar-refractivity contribution in [2.75, 3.05) is 0 Å². The van der Waals surface area contributed by atoms with Crippen LogP contribution in [-0.2, 0) is 0 Å². The Morgan fingerprint density at radius 1 is 0.717 bits per heavy atom. The summed E-state index contributed by atoms with van der Waals surface area (Å²) in [5.41, 5.74) is 0.811. The number of aromatic hydroxyl groups is 8. The molecule has 11 heteroatoms. The van der Waals surface area contributed by atoms with Crippen molar-refractivity contribution >= 4 is 11.6 Å². The van der Waals surface area contributed by atoms with Gasteiger partial charge in [-0.15, -0.1) is 0 Å². The normalized spacial score (nSPS) is 20.8. The summed E-state index contributed by atoms with van der Waals surface area (Å²) in [4.78, 5) is 27.4. The molecule has 0 radical (unpaired) electrons. The maximum Gasteiger partial charge on any atom is 0.174 e. The molecule has 4 aromatic rings. The van der Waals surface area contributed by atoms with E-state index in [2.05, 4.69) is 0 Å². The lowest BCUT2D eigenvalue weighted by molar-refractivity contribution is 0.0841. The van der Waals surface area contributed by atoms with Crippen LogP contribution in [0.5, 0.6) is 51.7 Å². The van der Waals surface area contributed by atoms with Crippen LogP contribution < -0.4 is 4.74 Å². The molecule has 0 bridgehead atoms. The van der Waals surface area contributed by atoms with Crippen molar-refractivity contribution in [3.8, 4) is 51.7 Å². The number of carbonyl (C=O) groups is 2. The molecule has 0 saturated heterocycles. The van der Waals surface area contributed by atoms with Gasteiger partial charge in [-0.25, -0.2) is 0 Å². The van der Waals surface area contributed by atoms with Gasteiger partial charge in [-0.3, -0.25) is 9.59 Å². The minimum Gasteiger partial charge on any atom is -0.508 e. The maximum absolute atomic E-state index is 14.4. The Bertz CT molecular complexity index is 1940. The van der Waals surface area contributed by atoms with Gasteiger partial charge in [0, 0.05) is 53.1 Å². The summed E-state index contributed by atoms with van der Waals surface area (Å²) in [6.07, 6.45) is 0.567. The van der Waals surface area contributed by atoms with Gasteiger partial charge in [0.05, 0.1) is 12.0 Å². The molecule has 0 fully saturated rings. The molecule has 0 saturated carbocycles. The fourth-order valence-corrected chi connectivity index (χ4v) is 6.67. The highest BCUT2D eigenvalue weighted by Crippen LogP contribution is 2.54. The zero-order valence-electron chi connectivity index (χ0n) is 24.4. The quantitative estimate of drug-likeness (QED) is 0.0988. The van der Waals surface area contributed by atoms with E-state index in [9.17, 15) is 50.4 Å².